The highest BCUT2D eigenvalue weighted by Gasteiger charge is 2.33. The first-order chi connectivity index (χ1) is 18.0. The van der Waals surface area contributed by atoms with Crippen molar-refractivity contribution in [3.63, 3.8) is 0 Å². The lowest BCUT2D eigenvalue weighted by Gasteiger charge is -2.13. The summed E-state index contributed by atoms with van der Waals surface area (Å²) in [6.45, 7) is 2.08. The van der Waals surface area contributed by atoms with E-state index in [1.54, 1.807) is 24.4 Å². The molecule has 1 aliphatic heterocycles. The molecule has 0 bridgehead atoms. The number of hydrogen-bond donors (Lipinski definition) is 2. The molecule has 2 N–H and O–H groups in total. The molecule has 0 saturated carbocycles. The third-order valence-corrected chi connectivity index (χ3v) is 6.72. The van der Waals surface area contributed by atoms with E-state index in [-0.39, 0.29) is 42.2 Å². The van der Waals surface area contributed by atoms with E-state index in [0.29, 0.717) is 33.6 Å². The molecule has 0 unspecified atom stereocenters. The topological polar surface area (TPSA) is 74.8 Å². The number of H-pyrrole nitrogens is 1. The van der Waals surface area contributed by atoms with Gasteiger partial charge in [0.1, 0.15) is 17.4 Å². The SMILES string of the molecule is Cc1cnc(-c2ccc(-c3ccc(CC(=O)Cc4ccc(Cl)c(C(F)(F)F)c4)cc3F)c3c2C(=O)NC3)[nH]1. The third-order valence-electron chi connectivity index (χ3n) is 6.39. The molecule has 2 heterocycles. The summed E-state index contributed by atoms with van der Waals surface area (Å²) < 4.78 is 54.6. The Morgan fingerprint density at radius 3 is 2.32 bits per heavy atom. The van der Waals surface area contributed by atoms with Gasteiger partial charge in [0, 0.05) is 42.4 Å². The Bertz CT molecular complexity index is 1590. The number of nitrogens with zero attached hydrogens (tertiary/aromatic N) is 1. The van der Waals surface area contributed by atoms with Crippen molar-refractivity contribution in [2.75, 3.05) is 0 Å². The molecule has 194 valence electrons. The van der Waals surface area contributed by atoms with E-state index < -0.39 is 22.6 Å². The number of Topliss-reactive ketones (excluding diaryl/α,β-unsaturated/α-hetero) is 1. The molecule has 5 nitrogen and oxygen atoms in total. The first kappa shape index (κ1) is 25.7. The predicted molar refractivity (Wildman–Crippen MR) is 134 cm³/mol. The highest BCUT2D eigenvalue weighted by atomic mass is 35.5. The number of aromatic nitrogens is 2. The number of aromatic amines is 1. The van der Waals surface area contributed by atoms with Crippen molar-refractivity contribution in [2.45, 2.75) is 32.5 Å². The first-order valence-electron chi connectivity index (χ1n) is 11.6. The number of imidazole rings is 1. The van der Waals surface area contributed by atoms with Gasteiger partial charge >= 0.3 is 6.18 Å². The summed E-state index contributed by atoms with van der Waals surface area (Å²) in [6.07, 6.45) is -3.39. The lowest BCUT2D eigenvalue weighted by molar-refractivity contribution is -0.137. The lowest BCUT2D eigenvalue weighted by Crippen LogP contribution is -2.13. The van der Waals surface area contributed by atoms with Crippen LogP contribution in [-0.4, -0.2) is 21.7 Å². The van der Waals surface area contributed by atoms with Crippen LogP contribution in [0.3, 0.4) is 0 Å². The molecule has 0 spiro atoms. The van der Waals surface area contributed by atoms with Crippen molar-refractivity contribution in [3.8, 4) is 22.5 Å². The zero-order chi connectivity index (χ0) is 27.2. The van der Waals surface area contributed by atoms with E-state index in [9.17, 15) is 22.8 Å². The smallest absolute Gasteiger partial charge is 0.348 e. The van der Waals surface area contributed by atoms with Crippen LogP contribution in [0.2, 0.25) is 5.02 Å². The number of ketones is 1. The second-order valence-corrected chi connectivity index (χ2v) is 9.54. The number of carbonyl (C=O) groups excluding carboxylic acids is 2. The van der Waals surface area contributed by atoms with Gasteiger partial charge in [0.25, 0.3) is 5.91 Å². The van der Waals surface area contributed by atoms with Crippen LogP contribution in [0.4, 0.5) is 17.6 Å². The molecule has 1 aromatic heterocycles. The van der Waals surface area contributed by atoms with Gasteiger partial charge < -0.3 is 10.3 Å². The molecule has 1 aliphatic rings. The summed E-state index contributed by atoms with van der Waals surface area (Å²) >= 11 is 5.64. The van der Waals surface area contributed by atoms with Gasteiger partial charge in [-0.15, -0.1) is 0 Å². The Hall–Kier alpha value is -3.98. The third kappa shape index (κ3) is 4.93. The van der Waals surface area contributed by atoms with Gasteiger partial charge in [0.05, 0.1) is 16.1 Å². The fourth-order valence-corrected chi connectivity index (χ4v) is 4.88. The van der Waals surface area contributed by atoms with Gasteiger partial charge in [-0.2, -0.15) is 13.2 Å². The molecule has 38 heavy (non-hydrogen) atoms. The zero-order valence-electron chi connectivity index (χ0n) is 20.0. The van der Waals surface area contributed by atoms with Crippen LogP contribution in [0.1, 0.15) is 38.3 Å². The van der Waals surface area contributed by atoms with Crippen molar-refractivity contribution in [1.82, 2.24) is 15.3 Å². The molecular formula is C28H20ClF4N3O2. The second-order valence-electron chi connectivity index (χ2n) is 9.13. The Labute approximate surface area is 219 Å². The van der Waals surface area contributed by atoms with Gasteiger partial charge in [0.2, 0.25) is 0 Å². The van der Waals surface area contributed by atoms with Crippen molar-refractivity contribution < 1.29 is 27.2 Å². The van der Waals surface area contributed by atoms with Crippen LogP contribution >= 0.6 is 11.6 Å². The van der Waals surface area contributed by atoms with E-state index in [2.05, 4.69) is 15.3 Å². The molecule has 5 rings (SSSR count). The Balaban J connectivity index is 1.38. The summed E-state index contributed by atoms with van der Waals surface area (Å²) in [7, 11) is 0. The fraction of sp³-hybridized carbons (Fsp3) is 0.179. The van der Waals surface area contributed by atoms with Gasteiger partial charge in [-0.1, -0.05) is 35.9 Å². The van der Waals surface area contributed by atoms with Crippen LogP contribution in [0.5, 0.6) is 0 Å². The van der Waals surface area contributed by atoms with Crippen LogP contribution in [0, 0.1) is 12.7 Å². The number of rotatable bonds is 6. The monoisotopic (exact) mass is 541 g/mol. The molecule has 3 aromatic carbocycles. The highest BCUT2D eigenvalue weighted by Crippen LogP contribution is 2.37. The molecule has 0 saturated heterocycles. The summed E-state index contributed by atoms with van der Waals surface area (Å²) in [5, 5.41) is 2.34. The molecule has 10 heteroatoms. The van der Waals surface area contributed by atoms with Crippen molar-refractivity contribution >= 4 is 23.3 Å². The minimum Gasteiger partial charge on any atom is -0.348 e. The minimum absolute atomic E-state index is 0.157. The standard InChI is InChI=1S/C28H20ClF4N3O2/c1-14-12-34-26(36-14)20-6-5-18(21-13-35-27(38)25(20)21)19-4-2-16(11-24(19)30)9-17(37)8-15-3-7-23(29)22(10-15)28(31,32)33/h2-7,10-12H,8-9,13H2,1H3,(H,34,36)(H,35,38). The largest absolute Gasteiger partial charge is 0.417 e. The molecule has 1 amide bonds. The number of alkyl halides is 3. The second kappa shape index (κ2) is 9.72. The number of fused-ring (bicyclic) bond motifs is 1. The van der Waals surface area contributed by atoms with E-state index in [1.165, 1.54) is 18.2 Å². The minimum atomic E-state index is -4.63. The molecule has 0 aliphatic carbocycles. The van der Waals surface area contributed by atoms with Gasteiger partial charge in [-0.25, -0.2) is 9.37 Å². The summed E-state index contributed by atoms with van der Waals surface area (Å²) in [5.41, 5.74) is 2.88. The first-order valence-corrected chi connectivity index (χ1v) is 12.0. The zero-order valence-corrected chi connectivity index (χ0v) is 20.7. The summed E-state index contributed by atoms with van der Waals surface area (Å²) in [6, 6.07) is 11.1. The quantitative estimate of drug-likeness (QED) is 0.275. The average Bonchev–Trinajstić information content (AvgIpc) is 3.45. The number of amides is 1. The van der Waals surface area contributed by atoms with Crippen LogP contribution in [-0.2, 0) is 30.4 Å². The summed E-state index contributed by atoms with van der Waals surface area (Å²) in [5.74, 6) is -0.685. The predicted octanol–water partition coefficient (Wildman–Crippen LogP) is 6.46. The van der Waals surface area contributed by atoms with Crippen molar-refractivity contribution in [3.05, 3.63) is 99.1 Å². The normalized spacial score (nSPS) is 12.9. The number of nitrogens with one attached hydrogen (secondary N) is 2. The van der Waals surface area contributed by atoms with E-state index in [1.807, 2.05) is 6.92 Å². The summed E-state index contributed by atoms with van der Waals surface area (Å²) in [4.78, 5) is 32.6. The molecule has 0 radical (unpaired) electrons. The van der Waals surface area contributed by atoms with Crippen molar-refractivity contribution in [1.29, 1.82) is 0 Å². The van der Waals surface area contributed by atoms with Crippen LogP contribution in [0.15, 0.2) is 54.7 Å². The Morgan fingerprint density at radius 1 is 1.00 bits per heavy atom. The highest BCUT2D eigenvalue weighted by molar-refractivity contribution is 6.31. The van der Waals surface area contributed by atoms with Gasteiger partial charge in [-0.05, 0) is 53.4 Å². The number of carbonyl (C=O) groups is 2. The number of hydrogen-bond acceptors (Lipinski definition) is 3. The molecular weight excluding hydrogens is 522 g/mol. The average molecular weight is 542 g/mol. The number of aryl methyl sites for hydroxylation is 1. The fourth-order valence-electron chi connectivity index (χ4n) is 4.65. The molecule has 4 aromatic rings. The number of halogens is 5. The van der Waals surface area contributed by atoms with Crippen LogP contribution in [0.25, 0.3) is 22.5 Å². The van der Waals surface area contributed by atoms with Crippen LogP contribution < -0.4 is 5.32 Å². The van der Waals surface area contributed by atoms with E-state index in [0.717, 1.165) is 17.8 Å². The maximum atomic E-state index is 15.3. The maximum Gasteiger partial charge on any atom is 0.417 e. The van der Waals surface area contributed by atoms with Crippen molar-refractivity contribution in [2.24, 2.45) is 0 Å². The van der Waals surface area contributed by atoms with E-state index >= 15 is 4.39 Å². The molecule has 0 atom stereocenters. The van der Waals surface area contributed by atoms with E-state index in [4.69, 9.17) is 11.6 Å². The maximum absolute atomic E-state index is 15.3. The Kier molecular flexibility index (Phi) is 6.56. The Morgan fingerprint density at radius 2 is 1.66 bits per heavy atom. The molecule has 0 fully saturated rings. The number of benzene rings is 3. The van der Waals surface area contributed by atoms with Gasteiger partial charge in [-0.3, -0.25) is 9.59 Å². The lowest BCUT2D eigenvalue weighted by atomic mass is 9.91. The van der Waals surface area contributed by atoms with Gasteiger partial charge in [0.15, 0.2) is 0 Å².